The molecule has 0 aliphatic heterocycles. The smallest absolute Gasteiger partial charge is 0.306 e. The molecule has 0 aliphatic carbocycles. The lowest BCUT2D eigenvalue weighted by Gasteiger charge is -2.24. The number of carbonyl (C=O) groups excluding carboxylic acids is 2. The maximum atomic E-state index is 11.2. The minimum atomic E-state index is -0.0330. The molecule has 2 atom stereocenters. The molecule has 2 unspecified atom stereocenters. The molecule has 274 valence electrons. The number of aldehydes is 1. The van der Waals surface area contributed by atoms with Gasteiger partial charge in [-0.05, 0) is 66.9 Å². The van der Waals surface area contributed by atoms with Crippen molar-refractivity contribution in [3.8, 4) is 11.5 Å². The summed E-state index contributed by atoms with van der Waals surface area (Å²) in [7, 11) is 3.34. The SMILES string of the molecule is CC.CCCC(CCC)CC(=O)OCC.C\C=C(Cl)/C=C\C(=C\C(c1cccc(OC)c1OC)C(C)C)c1ccccc1C(C)CCC=O. The summed E-state index contributed by atoms with van der Waals surface area (Å²) < 4.78 is 16.3. The van der Waals surface area contributed by atoms with Gasteiger partial charge in [0.25, 0.3) is 0 Å². The number of hydrogen-bond donors (Lipinski definition) is 0. The largest absolute Gasteiger partial charge is 0.493 e. The van der Waals surface area contributed by atoms with Gasteiger partial charge in [-0.3, -0.25) is 4.79 Å². The lowest BCUT2D eigenvalue weighted by Crippen LogP contribution is -2.11. The van der Waals surface area contributed by atoms with Gasteiger partial charge in [0.2, 0.25) is 0 Å². The highest BCUT2D eigenvalue weighted by Crippen LogP contribution is 2.41. The lowest BCUT2D eigenvalue weighted by molar-refractivity contribution is -0.144. The van der Waals surface area contributed by atoms with Gasteiger partial charge in [-0.1, -0.05) is 140 Å². The zero-order valence-corrected chi connectivity index (χ0v) is 33.1. The van der Waals surface area contributed by atoms with Gasteiger partial charge in [-0.15, -0.1) is 0 Å². The number of ether oxygens (including phenoxy) is 3. The van der Waals surface area contributed by atoms with Gasteiger partial charge in [0.15, 0.2) is 11.5 Å². The third kappa shape index (κ3) is 16.8. The van der Waals surface area contributed by atoms with E-state index in [-0.39, 0.29) is 17.8 Å². The summed E-state index contributed by atoms with van der Waals surface area (Å²) in [5.74, 6) is 2.61. The Hall–Kier alpha value is -3.31. The van der Waals surface area contributed by atoms with Gasteiger partial charge in [0, 0.05) is 29.4 Å². The van der Waals surface area contributed by atoms with E-state index < -0.39 is 0 Å². The van der Waals surface area contributed by atoms with Crippen molar-refractivity contribution in [2.24, 2.45) is 11.8 Å². The number of methoxy groups -OCH3 is 2. The van der Waals surface area contributed by atoms with Crippen LogP contribution in [0.2, 0.25) is 0 Å². The zero-order valence-electron chi connectivity index (χ0n) is 32.3. The average molecular weight is 697 g/mol. The summed E-state index contributed by atoms with van der Waals surface area (Å²) in [5.41, 5.74) is 4.52. The second-order valence-corrected chi connectivity index (χ2v) is 12.6. The van der Waals surface area contributed by atoms with E-state index in [1.165, 1.54) is 5.56 Å². The van der Waals surface area contributed by atoms with Gasteiger partial charge in [-0.2, -0.15) is 0 Å². The Balaban J connectivity index is 0.00000129. The summed E-state index contributed by atoms with van der Waals surface area (Å²) in [4.78, 5) is 22.2. The summed E-state index contributed by atoms with van der Waals surface area (Å²) in [6.45, 7) is 19.2. The maximum Gasteiger partial charge on any atom is 0.306 e. The van der Waals surface area contributed by atoms with E-state index >= 15 is 0 Å². The molecule has 5 nitrogen and oxygen atoms in total. The van der Waals surface area contributed by atoms with Crippen LogP contribution in [0, 0.1) is 11.8 Å². The van der Waals surface area contributed by atoms with Gasteiger partial charge in [0.05, 0.1) is 20.8 Å². The van der Waals surface area contributed by atoms with Crippen LogP contribution in [0.5, 0.6) is 11.5 Å². The molecule has 0 bridgehead atoms. The second-order valence-electron chi connectivity index (χ2n) is 12.2. The Morgan fingerprint density at radius 3 is 2.02 bits per heavy atom. The molecule has 2 aromatic rings. The minimum absolute atomic E-state index is 0.0330. The number of allylic oxidation sites excluding steroid dienone is 6. The summed E-state index contributed by atoms with van der Waals surface area (Å²) in [5, 5.41) is 0.678. The average Bonchev–Trinajstić information content (AvgIpc) is 3.11. The number of para-hydroxylation sites is 1. The number of hydrogen-bond acceptors (Lipinski definition) is 5. The highest BCUT2D eigenvalue weighted by atomic mass is 35.5. The van der Waals surface area contributed by atoms with Crippen molar-refractivity contribution in [1.29, 1.82) is 0 Å². The Kier molecular flexibility index (Phi) is 25.6. The van der Waals surface area contributed by atoms with Crippen molar-refractivity contribution in [1.82, 2.24) is 0 Å². The molecule has 6 heteroatoms. The van der Waals surface area contributed by atoms with E-state index in [1.54, 1.807) is 14.2 Å². The fourth-order valence-electron chi connectivity index (χ4n) is 5.79. The van der Waals surface area contributed by atoms with Crippen molar-refractivity contribution in [3.05, 3.63) is 88.5 Å². The van der Waals surface area contributed by atoms with Crippen molar-refractivity contribution >= 4 is 29.4 Å². The van der Waals surface area contributed by atoms with Gasteiger partial charge < -0.3 is 19.0 Å². The van der Waals surface area contributed by atoms with Crippen LogP contribution < -0.4 is 9.47 Å². The lowest BCUT2D eigenvalue weighted by atomic mass is 9.82. The van der Waals surface area contributed by atoms with E-state index in [9.17, 15) is 9.59 Å². The van der Waals surface area contributed by atoms with Crippen molar-refractivity contribution < 1.29 is 23.8 Å². The van der Waals surface area contributed by atoms with Crippen molar-refractivity contribution in [3.63, 3.8) is 0 Å². The molecule has 2 rings (SSSR count). The molecular formula is C43H65ClO5. The van der Waals surface area contributed by atoms with E-state index in [1.807, 2.05) is 52.0 Å². The van der Waals surface area contributed by atoms with Gasteiger partial charge in [0.1, 0.15) is 6.29 Å². The fourth-order valence-corrected chi connectivity index (χ4v) is 5.86. The molecule has 0 saturated heterocycles. The summed E-state index contributed by atoms with van der Waals surface area (Å²) in [6, 6.07) is 14.4. The Morgan fingerprint density at radius 2 is 1.49 bits per heavy atom. The highest BCUT2D eigenvalue weighted by Gasteiger charge is 2.22. The van der Waals surface area contributed by atoms with Crippen LogP contribution in [0.3, 0.4) is 0 Å². The maximum absolute atomic E-state index is 11.2. The number of esters is 1. The van der Waals surface area contributed by atoms with E-state index in [0.717, 1.165) is 66.6 Å². The number of halogens is 1. The van der Waals surface area contributed by atoms with E-state index in [4.69, 9.17) is 25.8 Å². The number of benzene rings is 2. The molecule has 0 amide bonds. The van der Waals surface area contributed by atoms with Crippen molar-refractivity contribution in [2.75, 3.05) is 20.8 Å². The third-order valence-corrected chi connectivity index (χ3v) is 8.59. The summed E-state index contributed by atoms with van der Waals surface area (Å²) in [6.07, 6.45) is 15.7. The molecule has 0 N–H and O–H groups in total. The third-order valence-electron chi connectivity index (χ3n) is 8.24. The molecule has 0 fully saturated rings. The standard InChI is InChI=1S/C30H37ClO3.C11H22O2.C2H6/c1-7-24(31)18-17-23(26-14-9-8-13-25(26)22(4)12-11-19-32)20-28(21(2)3)27-15-10-16-29(33-5)30(27)34-6;1-4-7-10(8-5-2)9-11(12)13-6-3;1-2/h7-10,13-22,28H,11-12H2,1-6H3;10H,4-9H2,1-3H3;1-2H3/b18-17-,23-20-,24-7+;;. The first kappa shape index (κ1) is 45.7. The fraction of sp³-hybridized carbons (Fsp3) is 0.535. The van der Waals surface area contributed by atoms with Crippen LogP contribution in [0.1, 0.15) is 136 Å². The van der Waals surface area contributed by atoms with Crippen LogP contribution in [0.4, 0.5) is 0 Å². The first-order valence-corrected chi connectivity index (χ1v) is 18.6. The molecule has 0 saturated carbocycles. The molecule has 0 spiro atoms. The zero-order chi connectivity index (χ0) is 37.2. The molecule has 0 radical (unpaired) electrons. The quantitative estimate of drug-likeness (QED) is 0.0831. The monoisotopic (exact) mass is 696 g/mol. The Morgan fingerprint density at radius 1 is 0.857 bits per heavy atom. The molecule has 0 aromatic heterocycles. The molecule has 0 heterocycles. The predicted octanol–water partition coefficient (Wildman–Crippen LogP) is 12.5. The molecule has 2 aromatic carbocycles. The second kappa shape index (κ2) is 27.5. The van der Waals surface area contributed by atoms with Crippen LogP contribution >= 0.6 is 11.6 Å². The Bertz CT molecular complexity index is 1290. The summed E-state index contributed by atoms with van der Waals surface area (Å²) >= 11 is 6.34. The number of rotatable bonds is 19. The molecule has 0 aliphatic rings. The normalized spacial score (nSPS) is 12.9. The molecular weight excluding hydrogens is 632 g/mol. The van der Waals surface area contributed by atoms with E-state index in [0.29, 0.717) is 36.3 Å². The number of carbonyl (C=O) groups is 2. The van der Waals surface area contributed by atoms with Crippen LogP contribution in [0.25, 0.3) is 5.57 Å². The topological polar surface area (TPSA) is 61.8 Å². The van der Waals surface area contributed by atoms with Gasteiger partial charge >= 0.3 is 5.97 Å². The van der Waals surface area contributed by atoms with Crippen LogP contribution in [-0.2, 0) is 14.3 Å². The Labute approximate surface area is 304 Å². The minimum Gasteiger partial charge on any atom is -0.493 e. The van der Waals surface area contributed by atoms with Crippen molar-refractivity contribution in [2.45, 2.75) is 119 Å². The molecule has 49 heavy (non-hydrogen) atoms. The first-order valence-electron chi connectivity index (χ1n) is 18.2. The van der Waals surface area contributed by atoms with E-state index in [2.05, 4.69) is 77.1 Å². The van der Waals surface area contributed by atoms with Gasteiger partial charge in [-0.25, -0.2) is 0 Å². The highest BCUT2D eigenvalue weighted by molar-refractivity contribution is 6.31. The predicted molar refractivity (Wildman–Crippen MR) is 210 cm³/mol. The van der Waals surface area contributed by atoms with Crippen LogP contribution in [-0.4, -0.2) is 33.1 Å². The first-order chi connectivity index (χ1) is 23.6. The van der Waals surface area contributed by atoms with Crippen LogP contribution in [0.15, 0.2) is 71.8 Å².